The van der Waals surface area contributed by atoms with Crippen LogP contribution in [-0.4, -0.2) is 32.0 Å². The minimum Gasteiger partial charge on any atom is -0.481 e. The first-order chi connectivity index (χ1) is 9.97. The van der Waals surface area contributed by atoms with Gasteiger partial charge in [0.15, 0.2) is 0 Å². The molecule has 2 rings (SSSR count). The number of halogens is 1. The number of carbonyl (C=O) groups excluding carboxylic acids is 1. The number of hydrogen-bond donors (Lipinski definition) is 2. The second-order valence-electron chi connectivity index (χ2n) is 4.41. The van der Waals surface area contributed by atoms with Gasteiger partial charge in [-0.2, -0.15) is 0 Å². The number of nitrogens with zero attached hydrogens (tertiary/aromatic N) is 3. The van der Waals surface area contributed by atoms with Crippen molar-refractivity contribution in [2.24, 2.45) is 0 Å². The van der Waals surface area contributed by atoms with Gasteiger partial charge in [0.1, 0.15) is 6.54 Å². The Morgan fingerprint density at radius 3 is 2.90 bits per heavy atom. The molecular formula is C13H13ClN4O3. The fourth-order valence-corrected chi connectivity index (χ4v) is 1.95. The Bertz CT molecular complexity index is 684. The molecule has 110 valence electrons. The van der Waals surface area contributed by atoms with Crippen molar-refractivity contribution in [2.75, 3.05) is 5.32 Å². The maximum atomic E-state index is 12.0. The van der Waals surface area contributed by atoms with E-state index in [1.165, 1.54) is 10.9 Å². The Balaban J connectivity index is 2.07. The highest BCUT2D eigenvalue weighted by Gasteiger charge is 2.13. The van der Waals surface area contributed by atoms with E-state index in [-0.39, 0.29) is 18.9 Å². The van der Waals surface area contributed by atoms with Crippen LogP contribution in [0.3, 0.4) is 0 Å². The van der Waals surface area contributed by atoms with Gasteiger partial charge in [-0.05, 0) is 24.6 Å². The maximum absolute atomic E-state index is 12.0. The van der Waals surface area contributed by atoms with Crippen molar-refractivity contribution >= 4 is 29.2 Å². The highest BCUT2D eigenvalue weighted by atomic mass is 35.5. The van der Waals surface area contributed by atoms with Crippen LogP contribution >= 0.6 is 11.6 Å². The Kier molecular flexibility index (Phi) is 4.54. The molecule has 8 heteroatoms. The summed E-state index contributed by atoms with van der Waals surface area (Å²) in [4.78, 5) is 22.7. The van der Waals surface area contributed by atoms with Gasteiger partial charge in [0.05, 0.1) is 18.3 Å². The van der Waals surface area contributed by atoms with Crippen LogP contribution in [0.15, 0.2) is 24.4 Å². The third-order valence-corrected chi connectivity index (χ3v) is 3.27. The summed E-state index contributed by atoms with van der Waals surface area (Å²) < 4.78 is 1.25. The summed E-state index contributed by atoms with van der Waals surface area (Å²) in [5, 5.41) is 19.4. The normalized spacial score (nSPS) is 10.4. The average Bonchev–Trinajstić information content (AvgIpc) is 2.81. The number of carboxylic acid groups (broad SMARTS) is 1. The summed E-state index contributed by atoms with van der Waals surface area (Å²) >= 11 is 5.98. The fraction of sp³-hybridized carbons (Fsp3) is 0.231. The molecule has 0 atom stereocenters. The van der Waals surface area contributed by atoms with E-state index in [0.717, 1.165) is 5.56 Å². The van der Waals surface area contributed by atoms with Crippen LogP contribution in [0.2, 0.25) is 5.02 Å². The van der Waals surface area contributed by atoms with Crippen molar-refractivity contribution in [1.82, 2.24) is 15.0 Å². The van der Waals surface area contributed by atoms with Crippen LogP contribution in [0.4, 0.5) is 5.69 Å². The van der Waals surface area contributed by atoms with Gasteiger partial charge in [0.25, 0.3) is 0 Å². The third-order valence-electron chi connectivity index (χ3n) is 2.87. The lowest BCUT2D eigenvalue weighted by Crippen LogP contribution is -2.22. The van der Waals surface area contributed by atoms with Gasteiger partial charge < -0.3 is 10.4 Å². The monoisotopic (exact) mass is 308 g/mol. The Hall–Kier alpha value is -2.41. The molecule has 2 aromatic rings. The molecule has 0 aliphatic rings. The van der Waals surface area contributed by atoms with Gasteiger partial charge >= 0.3 is 5.97 Å². The molecule has 0 bridgehead atoms. The topological polar surface area (TPSA) is 97.1 Å². The van der Waals surface area contributed by atoms with Gasteiger partial charge in [0, 0.05) is 10.7 Å². The highest BCUT2D eigenvalue weighted by Crippen LogP contribution is 2.22. The molecule has 0 aliphatic heterocycles. The molecule has 7 nitrogen and oxygen atoms in total. The highest BCUT2D eigenvalue weighted by molar-refractivity contribution is 6.31. The van der Waals surface area contributed by atoms with Crippen molar-refractivity contribution in [2.45, 2.75) is 19.9 Å². The zero-order valence-corrected chi connectivity index (χ0v) is 12.0. The summed E-state index contributed by atoms with van der Waals surface area (Å²) in [7, 11) is 0. The van der Waals surface area contributed by atoms with Crippen molar-refractivity contribution < 1.29 is 14.7 Å². The van der Waals surface area contributed by atoms with Gasteiger partial charge in [-0.25, -0.2) is 4.68 Å². The number of rotatable bonds is 5. The lowest BCUT2D eigenvalue weighted by Gasteiger charge is -2.10. The van der Waals surface area contributed by atoms with Crippen LogP contribution in [-0.2, 0) is 22.6 Å². The summed E-state index contributed by atoms with van der Waals surface area (Å²) in [5.41, 5.74) is 1.73. The summed E-state index contributed by atoms with van der Waals surface area (Å²) in [6, 6.07) is 5.20. The lowest BCUT2D eigenvalue weighted by molar-refractivity contribution is -0.136. The Morgan fingerprint density at radius 1 is 1.43 bits per heavy atom. The first kappa shape index (κ1) is 15.0. The van der Waals surface area contributed by atoms with Crippen LogP contribution in [0.5, 0.6) is 0 Å². The predicted octanol–water partition coefficient (Wildman–Crippen LogP) is 1.51. The van der Waals surface area contributed by atoms with E-state index in [4.69, 9.17) is 16.7 Å². The molecule has 1 amide bonds. The first-order valence-corrected chi connectivity index (χ1v) is 6.49. The number of hydrogen-bond acceptors (Lipinski definition) is 4. The third kappa shape index (κ3) is 3.79. The average molecular weight is 309 g/mol. The molecule has 0 aliphatic carbocycles. The lowest BCUT2D eigenvalue weighted by atomic mass is 10.2. The number of anilines is 1. The molecule has 1 aromatic heterocycles. The van der Waals surface area contributed by atoms with Gasteiger partial charge in [-0.3, -0.25) is 9.59 Å². The number of aromatic nitrogens is 3. The number of aliphatic carboxylic acids is 1. The molecule has 0 unspecified atom stereocenters. The molecular weight excluding hydrogens is 296 g/mol. The fourth-order valence-electron chi connectivity index (χ4n) is 1.77. The van der Waals surface area contributed by atoms with E-state index in [0.29, 0.717) is 16.4 Å². The molecule has 0 saturated carbocycles. The van der Waals surface area contributed by atoms with Crippen LogP contribution < -0.4 is 5.32 Å². The van der Waals surface area contributed by atoms with Gasteiger partial charge in [-0.15, -0.1) is 5.10 Å². The van der Waals surface area contributed by atoms with E-state index in [9.17, 15) is 9.59 Å². The summed E-state index contributed by atoms with van der Waals surface area (Å²) in [6.07, 6.45) is 1.09. The van der Waals surface area contributed by atoms with Crippen molar-refractivity contribution in [3.8, 4) is 0 Å². The molecule has 1 heterocycles. The van der Waals surface area contributed by atoms with E-state index >= 15 is 0 Å². The zero-order valence-electron chi connectivity index (χ0n) is 11.2. The maximum Gasteiger partial charge on any atom is 0.309 e. The van der Waals surface area contributed by atoms with Gasteiger partial charge in [-0.1, -0.05) is 22.9 Å². The van der Waals surface area contributed by atoms with Crippen LogP contribution in [0.1, 0.15) is 11.3 Å². The molecule has 1 aromatic carbocycles. The summed E-state index contributed by atoms with van der Waals surface area (Å²) in [6.45, 7) is 1.68. The molecule has 21 heavy (non-hydrogen) atoms. The van der Waals surface area contributed by atoms with Gasteiger partial charge in [0.2, 0.25) is 5.91 Å². The Morgan fingerprint density at radius 2 is 2.19 bits per heavy atom. The van der Waals surface area contributed by atoms with E-state index in [2.05, 4.69) is 15.6 Å². The zero-order chi connectivity index (χ0) is 15.4. The quantitative estimate of drug-likeness (QED) is 0.872. The molecule has 0 radical (unpaired) electrons. The number of benzene rings is 1. The number of nitrogens with one attached hydrogen (secondary N) is 1. The largest absolute Gasteiger partial charge is 0.481 e. The minimum absolute atomic E-state index is 0.117. The van der Waals surface area contributed by atoms with E-state index in [1.807, 2.05) is 0 Å². The molecule has 2 N–H and O–H groups in total. The minimum atomic E-state index is -1.01. The number of carbonyl (C=O) groups is 2. The van der Waals surface area contributed by atoms with Crippen molar-refractivity contribution in [3.63, 3.8) is 0 Å². The molecule has 0 spiro atoms. The summed E-state index contributed by atoms with van der Waals surface area (Å²) in [5.74, 6) is -1.35. The van der Waals surface area contributed by atoms with Crippen molar-refractivity contribution in [3.05, 3.63) is 40.7 Å². The predicted molar refractivity (Wildman–Crippen MR) is 76.2 cm³/mol. The van der Waals surface area contributed by atoms with Crippen LogP contribution in [0.25, 0.3) is 0 Å². The number of carboxylic acids is 1. The second kappa shape index (κ2) is 6.36. The molecule has 0 saturated heterocycles. The standard InChI is InChI=1S/C13H13ClN4O3/c1-8-10(14)3-2-4-11(8)16-12(19)7-18-9(5-13(20)21)6-15-17-18/h2-4,6H,5,7H2,1H3,(H,16,19)(H,20,21). The second-order valence-corrected chi connectivity index (χ2v) is 4.82. The van der Waals surface area contributed by atoms with E-state index < -0.39 is 5.97 Å². The van der Waals surface area contributed by atoms with E-state index in [1.54, 1.807) is 25.1 Å². The van der Waals surface area contributed by atoms with Crippen molar-refractivity contribution in [1.29, 1.82) is 0 Å². The first-order valence-electron chi connectivity index (χ1n) is 6.11. The SMILES string of the molecule is Cc1c(Cl)cccc1NC(=O)Cn1nncc1CC(=O)O. The Labute approximate surface area is 125 Å². The smallest absolute Gasteiger partial charge is 0.309 e. The van der Waals surface area contributed by atoms with Crippen LogP contribution in [0, 0.1) is 6.92 Å². The molecule has 0 fully saturated rings. The number of amides is 1.